The molecule has 22 heteroatoms. The van der Waals surface area contributed by atoms with Crippen LogP contribution in [0.1, 0.15) is 69.7 Å². The van der Waals surface area contributed by atoms with Gasteiger partial charge in [0.25, 0.3) is 0 Å². The van der Waals surface area contributed by atoms with Crippen molar-refractivity contribution in [1.82, 2.24) is 21.3 Å². The summed E-state index contributed by atoms with van der Waals surface area (Å²) in [5.41, 5.74) is 0. The molecule has 6 atom stereocenters. The molecule has 0 rings (SSSR count). The van der Waals surface area contributed by atoms with Gasteiger partial charge in [0.15, 0.2) is 0 Å². The minimum Gasteiger partial charge on any atom is -0.748 e. The molecule has 56 heavy (non-hydrogen) atoms. The zero-order chi connectivity index (χ0) is 45.0. The molecule has 0 saturated carbocycles. The smallest absolute Gasteiger partial charge is 0.748 e. The van der Waals surface area contributed by atoms with Crippen molar-refractivity contribution < 1.29 is 53.1 Å². The van der Waals surface area contributed by atoms with E-state index in [-0.39, 0.29) is 71.8 Å². The molecule has 0 saturated heterocycles. The first-order chi connectivity index (χ1) is 25.9. The van der Waals surface area contributed by atoms with Gasteiger partial charge in [-0.15, -0.1) is 0 Å². The van der Waals surface area contributed by atoms with Crippen LogP contribution in [-0.2, 0) is 43.7 Å². The van der Waals surface area contributed by atoms with E-state index in [9.17, 15) is 46.5 Å². The number of carboxylic acid groups (broad SMARTS) is 1. The third kappa shape index (κ3) is 42.9. The van der Waals surface area contributed by atoms with E-state index in [1.165, 1.54) is 14.0 Å². The lowest BCUT2D eigenvalue weighted by atomic mass is 10.1. The summed E-state index contributed by atoms with van der Waals surface area (Å²) in [4.78, 5) is 75.0. The fourth-order valence-electron chi connectivity index (χ4n) is 3.38. The van der Waals surface area contributed by atoms with Crippen molar-refractivity contribution >= 4 is 119 Å². The SMILES string of the molecule is CCC(CSSCC(NC)C(C)=O)C(C)=O.CCC(CSSCC(NC)C(C)=O)C(C)=O.CNC(CS(=O)(=O)[O-])C(C)=O.CNC(CS)C(C)=O.O=C(O)CS.[H+]. The highest BCUT2D eigenvalue weighted by Gasteiger charge is 2.16. The highest BCUT2D eigenvalue weighted by Crippen LogP contribution is 2.27. The van der Waals surface area contributed by atoms with E-state index in [1.54, 1.807) is 98.9 Å². The number of carbonyl (C=O) groups is 7. The number of carboxylic acids is 1. The minimum atomic E-state index is -4.31. The Kier molecular flexibility index (Phi) is 47.3. The molecular formula is C34H68N4O11S7. The topological polar surface area (TPSA) is 245 Å². The third-order valence-corrected chi connectivity index (χ3v) is 13.7. The number of ketones is 6. The Morgan fingerprint density at radius 1 is 0.571 bits per heavy atom. The molecule has 0 fully saturated rings. The quantitative estimate of drug-likeness (QED) is 0.0285. The average Bonchev–Trinajstić information content (AvgIpc) is 3.10. The van der Waals surface area contributed by atoms with Crippen LogP contribution in [0, 0.1) is 11.8 Å². The Morgan fingerprint density at radius 2 is 0.839 bits per heavy atom. The monoisotopic (exact) mass is 932 g/mol. The van der Waals surface area contributed by atoms with Gasteiger partial charge in [-0.2, -0.15) is 25.3 Å². The number of thiol groups is 2. The average molecular weight is 933 g/mol. The molecule has 0 heterocycles. The second-order valence-corrected chi connectivity index (χ2v) is 19.1. The second kappa shape index (κ2) is 41.1. The van der Waals surface area contributed by atoms with Gasteiger partial charge < -0.3 is 30.9 Å². The molecule has 0 aliphatic carbocycles. The van der Waals surface area contributed by atoms with Crippen LogP contribution < -0.4 is 21.3 Å². The first-order valence-electron chi connectivity index (χ1n) is 17.5. The predicted octanol–water partition coefficient (Wildman–Crippen LogP) is 3.24. The molecular weight excluding hydrogens is 865 g/mol. The zero-order valence-electron chi connectivity index (χ0n) is 35.8. The molecule has 0 aromatic heterocycles. The van der Waals surface area contributed by atoms with E-state index in [0.29, 0.717) is 5.75 Å². The largest absolute Gasteiger partial charge is 1.00 e. The Hall–Kier alpha value is -0.660. The molecule has 0 aliphatic rings. The van der Waals surface area contributed by atoms with E-state index in [1.807, 2.05) is 13.8 Å². The number of likely N-dealkylation sites (N-methyl/N-ethyl adjacent to an activating group) is 4. The lowest BCUT2D eigenvalue weighted by molar-refractivity contribution is -0.134. The van der Waals surface area contributed by atoms with Gasteiger partial charge in [-0.05, 0) is 82.6 Å². The van der Waals surface area contributed by atoms with E-state index in [2.05, 4.69) is 46.5 Å². The van der Waals surface area contributed by atoms with Crippen LogP contribution in [-0.4, -0.2) is 151 Å². The molecule has 0 bridgehead atoms. The Morgan fingerprint density at radius 3 is 0.964 bits per heavy atom. The summed E-state index contributed by atoms with van der Waals surface area (Å²) in [6.07, 6.45) is 1.79. The van der Waals surface area contributed by atoms with Gasteiger partial charge >= 0.3 is 7.40 Å². The lowest BCUT2D eigenvalue weighted by Gasteiger charge is -2.14. The normalized spacial score (nSPS) is 13.7. The van der Waals surface area contributed by atoms with Gasteiger partial charge in [-0.3, -0.25) is 33.6 Å². The van der Waals surface area contributed by atoms with Crippen LogP contribution in [0.3, 0.4) is 0 Å². The maximum atomic E-state index is 11.2. The Bertz CT molecular complexity index is 1140. The van der Waals surface area contributed by atoms with Gasteiger partial charge in [-0.1, -0.05) is 57.0 Å². The number of Topliss-reactive ketones (excluding diaryl/α,β-unsaturated/α-hetero) is 6. The van der Waals surface area contributed by atoms with Crippen LogP contribution in [0.25, 0.3) is 0 Å². The van der Waals surface area contributed by atoms with Gasteiger partial charge in [-0.25, -0.2) is 8.42 Å². The van der Waals surface area contributed by atoms with Crippen molar-refractivity contribution in [3.05, 3.63) is 0 Å². The van der Waals surface area contributed by atoms with Gasteiger partial charge in [0.05, 0.1) is 45.8 Å². The molecule has 332 valence electrons. The van der Waals surface area contributed by atoms with E-state index in [0.717, 1.165) is 35.9 Å². The molecule has 15 nitrogen and oxygen atoms in total. The third-order valence-electron chi connectivity index (χ3n) is 7.36. The molecule has 0 aromatic rings. The predicted molar refractivity (Wildman–Crippen MR) is 244 cm³/mol. The summed E-state index contributed by atoms with van der Waals surface area (Å²) in [7, 11) is 9.12. The summed E-state index contributed by atoms with van der Waals surface area (Å²) in [6.45, 7) is 13.3. The van der Waals surface area contributed by atoms with Crippen LogP contribution in [0.15, 0.2) is 0 Å². The van der Waals surface area contributed by atoms with Crippen molar-refractivity contribution in [2.45, 2.75) is 92.4 Å². The standard InChI is InChI=1S/2C11H21NO2S2.C5H11NO4S.C5H11NOS.C2H4O2S/c2*1-5-10(8(2)13)6-15-16-7-11(12-4)9(3)14;1-4(7)5(6-2)3-11(8,9)10;1-4(7)5(3-8)6-2;3-2(4)1-5/h2*10-12H,5-7H2,1-4H3;5-6H,3H2,1-2H3,(H,8,9,10);5-6,8H,3H2,1-2H3;5H,1H2,(H,3,4). The molecule has 0 aromatic carbocycles. The summed E-state index contributed by atoms with van der Waals surface area (Å²) in [5.74, 6) is 3.05. The highest BCUT2D eigenvalue weighted by molar-refractivity contribution is 8.77. The van der Waals surface area contributed by atoms with E-state index in [4.69, 9.17) is 5.11 Å². The number of aliphatic carboxylic acids is 1. The maximum Gasteiger partial charge on any atom is 1.00 e. The van der Waals surface area contributed by atoms with Crippen LogP contribution in [0.4, 0.5) is 0 Å². The molecule has 0 aliphatic heterocycles. The fourth-order valence-corrected chi connectivity index (χ4v) is 10.3. The van der Waals surface area contributed by atoms with Crippen LogP contribution >= 0.6 is 68.4 Å². The summed E-state index contributed by atoms with van der Waals surface area (Å²) in [6, 6.07) is -1.10. The van der Waals surface area contributed by atoms with Crippen molar-refractivity contribution in [3.63, 3.8) is 0 Å². The molecule has 6 unspecified atom stereocenters. The number of hydrogen-bond donors (Lipinski definition) is 7. The zero-order valence-corrected chi connectivity index (χ0v) is 40.7. The van der Waals surface area contributed by atoms with Crippen molar-refractivity contribution in [2.24, 2.45) is 11.8 Å². The minimum absolute atomic E-state index is 0. The van der Waals surface area contributed by atoms with Crippen LogP contribution in [0.5, 0.6) is 0 Å². The maximum absolute atomic E-state index is 11.2. The molecule has 0 amide bonds. The summed E-state index contributed by atoms with van der Waals surface area (Å²) in [5, 5.41) is 18.9. The lowest BCUT2D eigenvalue weighted by Crippen LogP contribution is -2.38. The summed E-state index contributed by atoms with van der Waals surface area (Å²) < 4.78 is 30.5. The Labute approximate surface area is 364 Å². The first-order valence-corrected chi connectivity index (χ1v) is 25.3. The molecule has 0 radical (unpaired) electrons. The number of hydrogen-bond acceptors (Lipinski definition) is 20. The van der Waals surface area contributed by atoms with Crippen molar-refractivity contribution in [1.29, 1.82) is 0 Å². The van der Waals surface area contributed by atoms with Gasteiger partial charge in [0.1, 0.15) is 34.7 Å². The number of nitrogens with one attached hydrogen (secondary N) is 4. The molecule has 5 N–H and O–H groups in total. The molecule has 0 spiro atoms. The highest BCUT2D eigenvalue weighted by atomic mass is 33.1. The number of carbonyl (C=O) groups excluding carboxylic acids is 6. The fraction of sp³-hybridized carbons (Fsp3) is 0.794. The first kappa shape index (κ1) is 64.5. The second-order valence-electron chi connectivity index (χ2n) is 11.8. The van der Waals surface area contributed by atoms with Crippen molar-refractivity contribution in [3.8, 4) is 0 Å². The van der Waals surface area contributed by atoms with Gasteiger partial charge in [0, 0.05) is 40.6 Å². The Balaban J connectivity index is -0.000000149. The van der Waals surface area contributed by atoms with Crippen molar-refractivity contribution in [2.75, 3.05) is 68.5 Å². The summed E-state index contributed by atoms with van der Waals surface area (Å²) >= 11 is 7.37. The number of rotatable bonds is 26. The van der Waals surface area contributed by atoms with E-state index < -0.39 is 27.9 Å². The van der Waals surface area contributed by atoms with Crippen LogP contribution in [0.2, 0.25) is 0 Å². The van der Waals surface area contributed by atoms with E-state index >= 15 is 0 Å². The van der Waals surface area contributed by atoms with Gasteiger partial charge in [0.2, 0.25) is 0 Å².